The zero-order chi connectivity index (χ0) is 31.7. The third kappa shape index (κ3) is 10.4. The predicted molar refractivity (Wildman–Crippen MR) is 146 cm³/mol. The van der Waals surface area contributed by atoms with Gasteiger partial charge in [-0.25, -0.2) is 0 Å². The first kappa shape index (κ1) is 31.5. The second-order valence-corrected chi connectivity index (χ2v) is 13.0. The predicted octanol–water partition coefficient (Wildman–Crippen LogP) is 3.11. The minimum Gasteiger partial charge on any atom is -0.390 e. The Hall–Kier alpha value is -0.400. The number of ether oxygens (including phenoxy) is 6. The molecular weight excluding hydrogens is 508 g/mol. The summed E-state index contributed by atoms with van der Waals surface area (Å²) in [5, 5.41) is 40.8. The number of hydrogen-bond donors (Lipinski definition) is 4. The average molecular weight is 569 g/mol. The van der Waals surface area contributed by atoms with Crippen molar-refractivity contribution in [3.05, 3.63) is 0 Å². The molecule has 4 N–H and O–H groups in total. The summed E-state index contributed by atoms with van der Waals surface area (Å²) in [6, 6.07) is 0. The molecule has 39 heavy (non-hydrogen) atoms. The van der Waals surface area contributed by atoms with E-state index in [0.29, 0.717) is 12.8 Å². The fraction of sp³-hybridized carbons (Fsp3) is 1.00. The summed E-state index contributed by atoms with van der Waals surface area (Å²) in [6.07, 6.45) is -7.58. The maximum Gasteiger partial charge on any atom is 0.187 e. The Kier molecular flexibility index (Phi) is 11.5. The van der Waals surface area contributed by atoms with E-state index < -0.39 is 79.0 Å². The monoisotopic (exact) mass is 568 g/mol. The van der Waals surface area contributed by atoms with Crippen molar-refractivity contribution in [2.45, 2.75) is 174 Å². The van der Waals surface area contributed by atoms with Gasteiger partial charge in [-0.15, -0.1) is 0 Å². The van der Waals surface area contributed by atoms with E-state index in [1.54, 1.807) is 27.7 Å². The Balaban J connectivity index is 0.000000333. The lowest BCUT2D eigenvalue weighted by molar-refractivity contribution is -0.357. The van der Waals surface area contributed by atoms with Gasteiger partial charge >= 0.3 is 0 Å². The van der Waals surface area contributed by atoms with Crippen LogP contribution in [0.1, 0.15) is 98.2 Å². The molecule has 3 heterocycles. The zero-order valence-electron chi connectivity index (χ0n) is 27.7. The molecule has 13 unspecified atom stereocenters. The van der Waals surface area contributed by atoms with Crippen LogP contribution in [0.5, 0.6) is 0 Å². The summed E-state index contributed by atoms with van der Waals surface area (Å²) >= 11 is 0. The van der Waals surface area contributed by atoms with Gasteiger partial charge in [0.1, 0.15) is 18.3 Å². The molecule has 0 aromatic carbocycles. The summed E-state index contributed by atoms with van der Waals surface area (Å²) in [6.45, 7) is 20.1. The molecule has 0 spiro atoms. The highest BCUT2D eigenvalue weighted by Gasteiger charge is 2.48. The highest BCUT2D eigenvalue weighted by Crippen LogP contribution is 2.33. The van der Waals surface area contributed by atoms with E-state index in [1.807, 2.05) is 48.5 Å². The summed E-state index contributed by atoms with van der Waals surface area (Å²) in [5.74, 6) is -2.04. The maximum atomic E-state index is 10.6. The van der Waals surface area contributed by atoms with Gasteiger partial charge in [0.15, 0.2) is 18.9 Å². The van der Waals surface area contributed by atoms with Crippen molar-refractivity contribution in [3.63, 3.8) is 0 Å². The molecule has 0 radical (unpaired) electrons. The van der Waals surface area contributed by atoms with Gasteiger partial charge in [0.05, 0.1) is 41.7 Å². The number of rotatable bonds is 5. The fourth-order valence-corrected chi connectivity index (χ4v) is 4.84. The summed E-state index contributed by atoms with van der Waals surface area (Å²) in [5.41, 5.74) is -0.837. The molecule has 10 nitrogen and oxygen atoms in total. The molecule has 0 aliphatic carbocycles. The third-order valence-corrected chi connectivity index (χ3v) is 6.92. The Morgan fingerprint density at radius 2 is 1.15 bits per heavy atom. The van der Waals surface area contributed by atoms with Crippen LogP contribution in [0.15, 0.2) is 0 Å². The van der Waals surface area contributed by atoms with Gasteiger partial charge in [0.2, 0.25) is 0 Å². The smallest absolute Gasteiger partial charge is 0.187 e. The van der Waals surface area contributed by atoms with Crippen LogP contribution in [0.2, 0.25) is 0 Å². The molecule has 3 aliphatic rings. The first-order valence-electron chi connectivity index (χ1n) is 15.2. The van der Waals surface area contributed by atoms with E-state index in [-0.39, 0.29) is 18.1 Å². The van der Waals surface area contributed by atoms with Crippen molar-refractivity contribution in [1.82, 2.24) is 0 Å². The maximum absolute atomic E-state index is 10.6. The Labute approximate surface area is 238 Å². The standard InChI is InChI=1S/C18H34O7.C11H22O3/c1-7-11-14(20)15(21)16(17(23-11)25-18(4,5)6)24-12-8-9(2)13(19)10(3)22-12;1-7-6-9(14-11(3,4)5)13-8(2)10(7)12/h9-17,19-21H,7-8H2,1-6H3;7-10,12H,6H2,1-5H3/i9T;7T. The van der Waals surface area contributed by atoms with Crippen molar-refractivity contribution in [2.24, 2.45) is 11.8 Å². The molecule has 3 fully saturated rings. The average Bonchev–Trinajstić information content (AvgIpc) is 2.78. The Bertz CT molecular complexity index is 814. The largest absolute Gasteiger partial charge is 0.390 e. The van der Waals surface area contributed by atoms with Crippen molar-refractivity contribution >= 4 is 0 Å². The third-order valence-electron chi connectivity index (χ3n) is 6.92. The molecule has 3 rings (SSSR count). The molecule has 232 valence electrons. The summed E-state index contributed by atoms with van der Waals surface area (Å²) in [7, 11) is 0. The molecule has 0 aromatic rings. The Morgan fingerprint density at radius 3 is 1.59 bits per heavy atom. The van der Waals surface area contributed by atoms with Crippen molar-refractivity contribution < 1.29 is 51.6 Å². The fourth-order valence-electron chi connectivity index (χ4n) is 4.84. The Morgan fingerprint density at radius 1 is 0.692 bits per heavy atom. The second kappa shape index (κ2) is 14.2. The normalized spacial score (nSPS) is 48.4. The van der Waals surface area contributed by atoms with Crippen LogP contribution in [0.4, 0.5) is 0 Å². The highest BCUT2D eigenvalue weighted by atomic mass is 16.8. The molecule has 0 amide bonds. The molecule has 3 aliphatic heterocycles. The van der Waals surface area contributed by atoms with Gasteiger partial charge in [-0.3, -0.25) is 0 Å². The lowest BCUT2D eigenvalue weighted by atomic mass is 9.93. The van der Waals surface area contributed by atoms with Crippen molar-refractivity contribution in [3.8, 4) is 0 Å². The molecule has 3 saturated heterocycles. The van der Waals surface area contributed by atoms with Gasteiger partial charge in [-0.05, 0) is 73.6 Å². The van der Waals surface area contributed by atoms with Gasteiger partial charge in [-0.1, -0.05) is 20.8 Å². The summed E-state index contributed by atoms with van der Waals surface area (Å²) in [4.78, 5) is 0. The van der Waals surface area contributed by atoms with E-state index in [0.717, 1.165) is 0 Å². The first-order valence-corrected chi connectivity index (χ1v) is 14.2. The minimum atomic E-state index is -1.22. The zero-order valence-corrected chi connectivity index (χ0v) is 25.7. The van der Waals surface area contributed by atoms with Crippen LogP contribution in [0.3, 0.4) is 0 Å². The van der Waals surface area contributed by atoms with E-state index >= 15 is 0 Å². The van der Waals surface area contributed by atoms with E-state index in [1.165, 1.54) is 0 Å². The van der Waals surface area contributed by atoms with Gasteiger partial charge < -0.3 is 48.8 Å². The summed E-state index contributed by atoms with van der Waals surface area (Å²) < 4.78 is 50.8. The van der Waals surface area contributed by atoms with E-state index in [2.05, 4.69) is 0 Å². The first-order chi connectivity index (χ1) is 18.5. The van der Waals surface area contributed by atoms with Gasteiger partial charge in [-0.2, -0.15) is 0 Å². The van der Waals surface area contributed by atoms with Crippen LogP contribution in [-0.2, 0) is 28.4 Å². The number of aliphatic hydroxyl groups is 4. The molecule has 10 heteroatoms. The SMILES string of the molecule is [3H]C1(C)CC(OC(C)(C)C)OC(C)C1O.[3H]C1(C)CC(OC2C(OC(C)(C)C)OC(CC)C(O)C2O)OC(C)C1O. The van der Waals surface area contributed by atoms with Crippen molar-refractivity contribution in [2.75, 3.05) is 0 Å². The van der Waals surface area contributed by atoms with Crippen LogP contribution in [-0.4, -0.2) is 99.3 Å². The molecule has 13 atom stereocenters. The quantitative estimate of drug-likeness (QED) is 0.392. The lowest BCUT2D eigenvalue weighted by Crippen LogP contribution is -2.61. The minimum absolute atomic E-state index is 0.122. The topological polar surface area (TPSA) is 136 Å². The second-order valence-electron chi connectivity index (χ2n) is 13.0. The van der Waals surface area contributed by atoms with Gasteiger partial charge in [0.25, 0.3) is 0 Å². The highest BCUT2D eigenvalue weighted by molar-refractivity contribution is 4.91. The molecule has 0 bridgehead atoms. The van der Waals surface area contributed by atoms with Crippen LogP contribution >= 0.6 is 0 Å². The lowest BCUT2D eigenvalue weighted by Gasteiger charge is -2.46. The van der Waals surface area contributed by atoms with Crippen molar-refractivity contribution in [1.29, 1.82) is 0 Å². The van der Waals surface area contributed by atoms with Crippen LogP contribution in [0.25, 0.3) is 0 Å². The molecule has 0 aromatic heterocycles. The van der Waals surface area contributed by atoms with Crippen LogP contribution < -0.4 is 0 Å². The number of aliphatic hydroxyl groups excluding tert-OH is 4. The molecule has 0 saturated carbocycles. The molecular formula is C29H56O10. The van der Waals surface area contributed by atoms with E-state index in [9.17, 15) is 20.4 Å². The van der Waals surface area contributed by atoms with E-state index in [4.69, 9.17) is 31.2 Å². The van der Waals surface area contributed by atoms with Gasteiger partial charge in [0, 0.05) is 15.6 Å². The number of hydrogen-bond acceptors (Lipinski definition) is 10. The van der Waals surface area contributed by atoms with Crippen LogP contribution in [0, 0.1) is 11.8 Å².